The number of aliphatic hydroxyl groups is 2. The number of cyclic esters (lactones) is 1. The zero-order chi connectivity index (χ0) is 18.5. The van der Waals surface area contributed by atoms with Gasteiger partial charge in [0.05, 0.1) is 0 Å². The lowest BCUT2D eigenvalue weighted by Gasteiger charge is -2.23. The van der Waals surface area contributed by atoms with E-state index in [0.29, 0.717) is 5.56 Å². The normalized spacial score (nSPS) is 19.8. The molecule has 0 amide bonds. The molecule has 0 radical (unpaired) electrons. The van der Waals surface area contributed by atoms with Gasteiger partial charge in [-0.25, -0.2) is 4.79 Å². The average Bonchev–Trinajstić information content (AvgIpc) is 2.85. The Bertz CT molecular complexity index is 1060. The summed E-state index contributed by atoms with van der Waals surface area (Å²) in [5, 5.41) is 22.0. The fraction of sp³-hybridized carbons (Fsp3) is 0.136. The number of benzene rings is 3. The minimum Gasteiger partial charge on any atom is -0.505 e. The maximum Gasteiger partial charge on any atom is 0.378 e. The van der Waals surface area contributed by atoms with Crippen LogP contribution in [0.4, 0.5) is 0 Å². The summed E-state index contributed by atoms with van der Waals surface area (Å²) in [5.74, 6) is -2.11. The summed E-state index contributed by atoms with van der Waals surface area (Å²) in [7, 11) is 0. The van der Waals surface area contributed by atoms with E-state index in [0.717, 1.165) is 11.1 Å². The van der Waals surface area contributed by atoms with Crippen LogP contribution < -0.4 is 0 Å². The Morgan fingerprint density at radius 1 is 0.846 bits per heavy atom. The molecule has 1 heterocycles. The second kappa shape index (κ2) is 5.63. The molecule has 0 bridgehead atoms. The van der Waals surface area contributed by atoms with Gasteiger partial charge in [0.2, 0.25) is 5.76 Å². The molecule has 0 aliphatic carbocycles. The van der Waals surface area contributed by atoms with Crippen molar-refractivity contribution in [3.05, 3.63) is 83.3 Å². The van der Waals surface area contributed by atoms with Crippen molar-refractivity contribution in [2.75, 3.05) is 0 Å². The molecule has 0 fully saturated rings. The van der Waals surface area contributed by atoms with E-state index < -0.39 is 23.1 Å². The predicted octanol–water partition coefficient (Wildman–Crippen LogP) is 4.91. The molecule has 1 unspecified atom stereocenters. The van der Waals surface area contributed by atoms with Crippen LogP contribution in [0.25, 0.3) is 21.9 Å². The highest BCUT2D eigenvalue weighted by atomic mass is 16.6. The monoisotopic (exact) mass is 346 g/mol. The number of aryl methyl sites for hydroxylation is 1. The number of esters is 1. The zero-order valence-electron chi connectivity index (χ0n) is 14.5. The van der Waals surface area contributed by atoms with Crippen LogP contribution in [0, 0.1) is 6.92 Å². The van der Waals surface area contributed by atoms with Gasteiger partial charge in [-0.2, -0.15) is 0 Å². The minimum atomic E-state index is -1.36. The highest BCUT2D eigenvalue weighted by molar-refractivity contribution is 5.90. The second-order valence-electron chi connectivity index (χ2n) is 6.76. The Hall–Kier alpha value is -3.27. The number of carbonyl (C=O) groups excluding carboxylic acids is 1. The van der Waals surface area contributed by atoms with E-state index in [4.69, 9.17) is 4.74 Å². The maximum atomic E-state index is 11.5. The molecule has 3 aromatic rings. The molecule has 4 nitrogen and oxygen atoms in total. The summed E-state index contributed by atoms with van der Waals surface area (Å²) >= 11 is 0. The van der Waals surface area contributed by atoms with Gasteiger partial charge < -0.3 is 14.9 Å². The number of fused-ring (bicyclic) bond motifs is 1. The molecule has 130 valence electrons. The summed E-state index contributed by atoms with van der Waals surface area (Å²) in [6, 6.07) is 20.0. The van der Waals surface area contributed by atoms with Crippen molar-refractivity contribution < 1.29 is 19.7 Å². The van der Waals surface area contributed by atoms with E-state index in [2.05, 4.69) is 43.3 Å². The smallest absolute Gasteiger partial charge is 0.378 e. The van der Waals surface area contributed by atoms with Crippen LogP contribution in [0.5, 0.6) is 0 Å². The third-order valence-corrected chi connectivity index (χ3v) is 4.93. The Morgan fingerprint density at radius 2 is 1.46 bits per heavy atom. The Balaban J connectivity index is 1.71. The number of aliphatic hydroxyl groups excluding tert-OH is 2. The first-order valence-electron chi connectivity index (χ1n) is 8.36. The minimum absolute atomic E-state index is 0.462. The van der Waals surface area contributed by atoms with Crippen molar-refractivity contribution in [2.45, 2.75) is 19.4 Å². The molecule has 2 N–H and O–H groups in total. The van der Waals surface area contributed by atoms with Crippen LogP contribution in [0.2, 0.25) is 0 Å². The SMILES string of the molecule is Cc1ccc2cc(-c3ccc(C4(C)OC(=O)C(O)=C4O)cc3)ccc2c1. The molecular weight excluding hydrogens is 328 g/mol. The first kappa shape index (κ1) is 16.2. The Labute approximate surface area is 151 Å². The lowest BCUT2D eigenvalue weighted by Crippen LogP contribution is -2.25. The second-order valence-corrected chi connectivity index (χ2v) is 6.76. The fourth-order valence-electron chi connectivity index (χ4n) is 3.33. The van der Waals surface area contributed by atoms with Crippen LogP contribution in [0.1, 0.15) is 18.1 Å². The summed E-state index contributed by atoms with van der Waals surface area (Å²) in [6.07, 6.45) is 0. The van der Waals surface area contributed by atoms with E-state index in [-0.39, 0.29) is 0 Å². The van der Waals surface area contributed by atoms with Crippen molar-refractivity contribution in [1.29, 1.82) is 0 Å². The lowest BCUT2D eigenvalue weighted by molar-refractivity contribution is -0.149. The molecule has 4 heteroatoms. The van der Waals surface area contributed by atoms with E-state index >= 15 is 0 Å². The van der Waals surface area contributed by atoms with Gasteiger partial charge in [-0.1, -0.05) is 60.2 Å². The van der Waals surface area contributed by atoms with Gasteiger partial charge in [-0.3, -0.25) is 0 Å². The first-order valence-corrected chi connectivity index (χ1v) is 8.36. The molecule has 1 aliphatic heterocycles. The first-order chi connectivity index (χ1) is 12.4. The zero-order valence-corrected chi connectivity index (χ0v) is 14.5. The quantitative estimate of drug-likeness (QED) is 0.647. The molecule has 0 saturated heterocycles. The van der Waals surface area contributed by atoms with Crippen LogP contribution in [0.3, 0.4) is 0 Å². The topological polar surface area (TPSA) is 66.8 Å². The highest BCUT2D eigenvalue weighted by Crippen LogP contribution is 2.39. The molecule has 0 spiro atoms. The summed E-state index contributed by atoms with van der Waals surface area (Å²) < 4.78 is 5.16. The number of ether oxygens (including phenoxy) is 1. The molecule has 0 saturated carbocycles. The van der Waals surface area contributed by atoms with Gasteiger partial charge in [0.15, 0.2) is 11.4 Å². The molecule has 0 aromatic heterocycles. The van der Waals surface area contributed by atoms with Crippen molar-refractivity contribution >= 4 is 16.7 Å². The number of rotatable bonds is 2. The highest BCUT2D eigenvalue weighted by Gasteiger charge is 2.46. The van der Waals surface area contributed by atoms with Gasteiger partial charge in [0.25, 0.3) is 0 Å². The fourth-order valence-corrected chi connectivity index (χ4v) is 3.33. The van der Waals surface area contributed by atoms with Gasteiger partial charge in [0, 0.05) is 5.56 Å². The molecular formula is C22H18O4. The van der Waals surface area contributed by atoms with Gasteiger partial charge >= 0.3 is 5.97 Å². The van der Waals surface area contributed by atoms with E-state index in [1.807, 2.05) is 12.1 Å². The standard InChI is InChI=1S/C22H18O4/c1-13-3-4-17-12-16(6-5-15(17)11-13)14-7-9-18(10-8-14)22(2)20(24)19(23)21(25)26-22/h3-12,23-24H,1-2H3. The summed E-state index contributed by atoms with van der Waals surface area (Å²) in [4.78, 5) is 11.5. The van der Waals surface area contributed by atoms with Crippen molar-refractivity contribution in [1.82, 2.24) is 0 Å². The van der Waals surface area contributed by atoms with Crippen molar-refractivity contribution in [3.63, 3.8) is 0 Å². The third kappa shape index (κ3) is 2.42. The molecule has 4 rings (SSSR count). The van der Waals surface area contributed by atoms with E-state index in [1.165, 1.54) is 16.3 Å². The van der Waals surface area contributed by atoms with Crippen molar-refractivity contribution in [2.24, 2.45) is 0 Å². The predicted molar refractivity (Wildman–Crippen MR) is 99.8 cm³/mol. The lowest BCUT2D eigenvalue weighted by atomic mass is 9.92. The van der Waals surface area contributed by atoms with Crippen LogP contribution in [0.15, 0.2) is 72.2 Å². The third-order valence-electron chi connectivity index (χ3n) is 4.93. The number of hydrogen-bond acceptors (Lipinski definition) is 4. The molecule has 1 atom stereocenters. The average molecular weight is 346 g/mol. The van der Waals surface area contributed by atoms with E-state index in [9.17, 15) is 15.0 Å². The van der Waals surface area contributed by atoms with Gasteiger partial charge in [0.1, 0.15) is 0 Å². The van der Waals surface area contributed by atoms with Crippen LogP contribution in [-0.4, -0.2) is 16.2 Å². The van der Waals surface area contributed by atoms with Gasteiger partial charge in [-0.05, 0) is 41.8 Å². The Kier molecular flexibility index (Phi) is 3.51. The molecule has 26 heavy (non-hydrogen) atoms. The Morgan fingerprint density at radius 3 is 2.12 bits per heavy atom. The van der Waals surface area contributed by atoms with E-state index in [1.54, 1.807) is 19.1 Å². The van der Waals surface area contributed by atoms with Gasteiger partial charge in [-0.15, -0.1) is 0 Å². The maximum absolute atomic E-state index is 11.5. The van der Waals surface area contributed by atoms with Crippen LogP contribution >= 0.6 is 0 Å². The van der Waals surface area contributed by atoms with Crippen LogP contribution in [-0.2, 0) is 15.1 Å². The largest absolute Gasteiger partial charge is 0.505 e. The summed E-state index contributed by atoms with van der Waals surface area (Å²) in [6.45, 7) is 3.63. The van der Waals surface area contributed by atoms with Crippen molar-refractivity contribution in [3.8, 4) is 11.1 Å². The number of hydrogen-bond donors (Lipinski definition) is 2. The molecule has 1 aliphatic rings. The molecule has 3 aromatic carbocycles. The number of carbonyl (C=O) groups is 1. The summed E-state index contributed by atoms with van der Waals surface area (Å²) in [5.41, 5.74) is 2.54.